The summed E-state index contributed by atoms with van der Waals surface area (Å²) in [6.45, 7) is 1.43. The van der Waals surface area contributed by atoms with Crippen molar-refractivity contribution in [2.75, 3.05) is 54.1 Å². The van der Waals surface area contributed by atoms with Gasteiger partial charge in [-0.1, -0.05) is 0 Å². The number of methoxy groups -OCH3 is 1. The Morgan fingerprint density at radius 1 is 1.40 bits per heavy atom. The molecule has 0 bridgehead atoms. The van der Waals surface area contributed by atoms with Crippen molar-refractivity contribution in [3.05, 3.63) is 0 Å². The van der Waals surface area contributed by atoms with E-state index < -0.39 is 10.2 Å². The molecule has 0 N–H and O–H groups in total. The van der Waals surface area contributed by atoms with E-state index in [0.717, 1.165) is 0 Å². The SMILES string of the molecule is COCCN1C(=O)CO[C@H]2CN(S(=O)(=O)N(C)C)C[C@@H]21. The summed E-state index contributed by atoms with van der Waals surface area (Å²) in [6.07, 6.45) is -0.265. The zero-order chi connectivity index (χ0) is 14.9. The molecule has 2 aliphatic rings. The summed E-state index contributed by atoms with van der Waals surface area (Å²) in [5.74, 6) is -0.118. The third kappa shape index (κ3) is 2.82. The summed E-state index contributed by atoms with van der Waals surface area (Å²) in [5, 5.41) is 0. The van der Waals surface area contributed by atoms with Gasteiger partial charge in [0, 0.05) is 40.8 Å². The molecule has 9 heteroatoms. The van der Waals surface area contributed by atoms with E-state index in [1.807, 2.05) is 0 Å². The van der Waals surface area contributed by atoms with Crippen LogP contribution >= 0.6 is 0 Å². The van der Waals surface area contributed by atoms with Gasteiger partial charge in [0.05, 0.1) is 18.8 Å². The quantitative estimate of drug-likeness (QED) is 0.608. The monoisotopic (exact) mass is 307 g/mol. The third-order valence-electron chi connectivity index (χ3n) is 3.67. The molecule has 8 nitrogen and oxygen atoms in total. The third-order valence-corrected chi connectivity index (χ3v) is 5.54. The van der Waals surface area contributed by atoms with Crippen LogP contribution in [0.3, 0.4) is 0 Å². The van der Waals surface area contributed by atoms with E-state index in [1.54, 1.807) is 12.0 Å². The van der Waals surface area contributed by atoms with Crippen molar-refractivity contribution in [1.82, 2.24) is 13.5 Å². The molecule has 2 fully saturated rings. The van der Waals surface area contributed by atoms with Crippen LogP contribution in [0.5, 0.6) is 0 Å². The van der Waals surface area contributed by atoms with E-state index in [4.69, 9.17) is 9.47 Å². The van der Waals surface area contributed by atoms with Crippen molar-refractivity contribution >= 4 is 16.1 Å². The Balaban J connectivity index is 2.13. The standard InChI is InChI=1S/C11H21N3O5S/c1-12(2)20(16,17)13-6-9-10(7-13)19-8-11(15)14(9)4-5-18-3/h9-10H,4-8H2,1-3H3/t9-,10-/m0/s1. The Hall–Kier alpha value is -0.740. The van der Waals surface area contributed by atoms with Gasteiger partial charge in [0.25, 0.3) is 10.2 Å². The van der Waals surface area contributed by atoms with Gasteiger partial charge in [0.2, 0.25) is 5.91 Å². The number of fused-ring (bicyclic) bond motifs is 1. The fourth-order valence-electron chi connectivity index (χ4n) is 2.53. The van der Waals surface area contributed by atoms with E-state index in [9.17, 15) is 13.2 Å². The zero-order valence-electron chi connectivity index (χ0n) is 12.0. The molecule has 116 valence electrons. The van der Waals surface area contributed by atoms with Crippen LogP contribution in [-0.4, -0.2) is 94.0 Å². The van der Waals surface area contributed by atoms with Crippen molar-refractivity contribution in [2.24, 2.45) is 0 Å². The first-order valence-corrected chi connectivity index (χ1v) is 7.85. The molecule has 0 aliphatic carbocycles. The van der Waals surface area contributed by atoms with Crippen molar-refractivity contribution in [2.45, 2.75) is 12.1 Å². The number of morpholine rings is 1. The first-order chi connectivity index (χ1) is 9.37. The number of hydrogen-bond acceptors (Lipinski definition) is 5. The maximum atomic E-state index is 12.1. The second-order valence-corrected chi connectivity index (χ2v) is 7.25. The molecule has 0 radical (unpaired) electrons. The number of nitrogens with zero attached hydrogens (tertiary/aromatic N) is 3. The highest BCUT2D eigenvalue weighted by molar-refractivity contribution is 7.86. The molecule has 2 saturated heterocycles. The van der Waals surface area contributed by atoms with Gasteiger partial charge in [0.1, 0.15) is 6.61 Å². The molecular formula is C11H21N3O5S. The fourth-order valence-corrected chi connectivity index (χ4v) is 3.67. The number of ether oxygens (including phenoxy) is 2. The average molecular weight is 307 g/mol. The second-order valence-electron chi connectivity index (χ2n) is 5.10. The van der Waals surface area contributed by atoms with Crippen molar-refractivity contribution in [3.63, 3.8) is 0 Å². The van der Waals surface area contributed by atoms with E-state index in [1.165, 1.54) is 22.7 Å². The highest BCUT2D eigenvalue weighted by Gasteiger charge is 2.46. The topological polar surface area (TPSA) is 79.4 Å². The van der Waals surface area contributed by atoms with Crippen LogP contribution in [0.4, 0.5) is 0 Å². The highest BCUT2D eigenvalue weighted by Crippen LogP contribution is 2.25. The van der Waals surface area contributed by atoms with Crippen molar-refractivity contribution in [3.8, 4) is 0 Å². The molecule has 0 spiro atoms. The molecule has 2 aliphatic heterocycles. The lowest BCUT2D eigenvalue weighted by Crippen LogP contribution is -2.54. The Morgan fingerprint density at radius 2 is 2.10 bits per heavy atom. The number of amides is 1. The van der Waals surface area contributed by atoms with Crippen molar-refractivity contribution < 1.29 is 22.7 Å². The molecule has 2 heterocycles. The maximum absolute atomic E-state index is 12.1. The Kier molecular flexibility index (Phi) is 4.65. The normalized spacial score (nSPS) is 28.2. The fraction of sp³-hybridized carbons (Fsp3) is 0.909. The van der Waals surface area contributed by atoms with Gasteiger partial charge >= 0.3 is 0 Å². The summed E-state index contributed by atoms with van der Waals surface area (Å²) in [6, 6.07) is -0.235. The molecule has 0 unspecified atom stereocenters. The Labute approximate surface area is 119 Å². The number of hydrogen-bond donors (Lipinski definition) is 0. The lowest BCUT2D eigenvalue weighted by Gasteiger charge is -2.36. The van der Waals surface area contributed by atoms with Gasteiger partial charge in [-0.05, 0) is 0 Å². The van der Waals surface area contributed by atoms with Crippen LogP contribution < -0.4 is 0 Å². The van der Waals surface area contributed by atoms with Gasteiger partial charge in [-0.2, -0.15) is 17.0 Å². The number of carbonyl (C=O) groups excluding carboxylic acids is 1. The van der Waals surface area contributed by atoms with Crippen LogP contribution in [0.15, 0.2) is 0 Å². The number of carbonyl (C=O) groups is 1. The highest BCUT2D eigenvalue weighted by atomic mass is 32.2. The van der Waals surface area contributed by atoms with Gasteiger partial charge in [-0.3, -0.25) is 4.79 Å². The minimum Gasteiger partial charge on any atom is -0.383 e. The Morgan fingerprint density at radius 3 is 2.70 bits per heavy atom. The maximum Gasteiger partial charge on any atom is 0.281 e. The first kappa shape index (κ1) is 15.6. The largest absolute Gasteiger partial charge is 0.383 e. The molecule has 2 rings (SSSR count). The minimum atomic E-state index is -3.48. The smallest absolute Gasteiger partial charge is 0.281 e. The summed E-state index contributed by atoms with van der Waals surface area (Å²) in [5.41, 5.74) is 0. The molecule has 2 atom stereocenters. The van der Waals surface area contributed by atoms with Crippen LogP contribution in [0.1, 0.15) is 0 Å². The first-order valence-electron chi connectivity index (χ1n) is 6.45. The molecule has 0 saturated carbocycles. The molecule has 0 aromatic carbocycles. The van der Waals surface area contributed by atoms with E-state index in [0.29, 0.717) is 13.2 Å². The Bertz CT molecular complexity index is 467. The average Bonchev–Trinajstić information content (AvgIpc) is 2.82. The lowest BCUT2D eigenvalue weighted by atomic mass is 10.1. The molecule has 0 aromatic rings. The summed E-state index contributed by atoms with van der Waals surface area (Å²) in [4.78, 5) is 13.6. The van der Waals surface area contributed by atoms with E-state index in [-0.39, 0.29) is 37.7 Å². The minimum absolute atomic E-state index is 0.000727. The van der Waals surface area contributed by atoms with Crippen molar-refractivity contribution in [1.29, 1.82) is 0 Å². The predicted molar refractivity (Wildman–Crippen MR) is 71.3 cm³/mol. The van der Waals surface area contributed by atoms with Gasteiger partial charge in [-0.25, -0.2) is 0 Å². The lowest BCUT2D eigenvalue weighted by molar-refractivity contribution is -0.153. The van der Waals surface area contributed by atoms with E-state index >= 15 is 0 Å². The summed E-state index contributed by atoms with van der Waals surface area (Å²) < 4.78 is 37.3. The molecule has 1 amide bonds. The summed E-state index contributed by atoms with van der Waals surface area (Å²) in [7, 11) is 1.07. The number of rotatable bonds is 5. The summed E-state index contributed by atoms with van der Waals surface area (Å²) >= 11 is 0. The van der Waals surface area contributed by atoms with Crippen LogP contribution in [0.25, 0.3) is 0 Å². The van der Waals surface area contributed by atoms with Crippen LogP contribution in [0, 0.1) is 0 Å². The van der Waals surface area contributed by atoms with Gasteiger partial charge < -0.3 is 14.4 Å². The van der Waals surface area contributed by atoms with Gasteiger partial charge in [-0.15, -0.1) is 0 Å². The molecule has 20 heavy (non-hydrogen) atoms. The zero-order valence-corrected chi connectivity index (χ0v) is 12.8. The van der Waals surface area contributed by atoms with Crippen LogP contribution in [-0.2, 0) is 24.5 Å². The van der Waals surface area contributed by atoms with Crippen LogP contribution in [0.2, 0.25) is 0 Å². The van der Waals surface area contributed by atoms with E-state index in [2.05, 4.69) is 0 Å². The molecule has 0 aromatic heterocycles. The predicted octanol–water partition coefficient (Wildman–Crippen LogP) is -1.65. The second kappa shape index (κ2) is 5.94. The van der Waals surface area contributed by atoms with Gasteiger partial charge in [0.15, 0.2) is 0 Å². The molecular weight excluding hydrogens is 286 g/mol.